The van der Waals surface area contributed by atoms with Gasteiger partial charge in [-0.3, -0.25) is 4.79 Å². The van der Waals surface area contributed by atoms with E-state index in [0.717, 1.165) is 27.6 Å². The molecule has 0 unspecified atom stereocenters. The molecule has 0 aliphatic rings. The van der Waals surface area contributed by atoms with E-state index in [1.807, 2.05) is 12.1 Å². The Bertz CT molecular complexity index is 1190. The molecular formula is C25H21NO. The first-order chi connectivity index (χ1) is 13.2. The fraction of sp³-hybridized carbons (Fsp3) is 0.0800. The van der Waals surface area contributed by atoms with Gasteiger partial charge in [0.1, 0.15) is 0 Å². The number of carbonyl (C=O) groups excluding carboxylic acids is 1. The molecule has 0 atom stereocenters. The van der Waals surface area contributed by atoms with Crippen LogP contribution in [0.1, 0.15) is 16.7 Å². The van der Waals surface area contributed by atoms with Crippen LogP contribution in [0, 0.1) is 6.92 Å². The first-order valence-electron chi connectivity index (χ1n) is 9.09. The summed E-state index contributed by atoms with van der Waals surface area (Å²) in [5.41, 5.74) is 4.23. The van der Waals surface area contributed by atoms with Crippen LogP contribution in [0.25, 0.3) is 27.1 Å². The molecule has 4 rings (SSSR count). The molecule has 1 N–H and O–H groups in total. The number of benzene rings is 4. The van der Waals surface area contributed by atoms with Crippen LogP contribution < -0.4 is 5.32 Å². The average molecular weight is 351 g/mol. The van der Waals surface area contributed by atoms with Crippen molar-refractivity contribution in [2.45, 2.75) is 6.92 Å². The molecule has 4 aromatic carbocycles. The number of fused-ring (bicyclic) bond motifs is 3. The Kier molecular flexibility index (Phi) is 4.47. The van der Waals surface area contributed by atoms with Crippen molar-refractivity contribution in [3.63, 3.8) is 0 Å². The standard InChI is InChI=1S/C25H21NO/c1-17-9-3-5-11-19(17)24(16-25(27)26-2)23-15-18-10-4-6-12-20(18)21-13-7-8-14-22(21)23/h3-16H,1-2H3,(H,26,27). The number of hydrogen-bond acceptors (Lipinski definition) is 1. The Balaban J connectivity index is 2.11. The normalized spacial score (nSPS) is 11.7. The van der Waals surface area contributed by atoms with E-state index >= 15 is 0 Å². The highest BCUT2D eigenvalue weighted by molar-refractivity contribution is 6.14. The molecule has 0 fully saturated rings. The van der Waals surface area contributed by atoms with Gasteiger partial charge in [0.15, 0.2) is 0 Å². The van der Waals surface area contributed by atoms with Gasteiger partial charge in [-0.15, -0.1) is 0 Å². The van der Waals surface area contributed by atoms with Crippen molar-refractivity contribution in [2.24, 2.45) is 0 Å². The number of aryl methyl sites for hydroxylation is 1. The van der Waals surface area contributed by atoms with Gasteiger partial charge in [-0.25, -0.2) is 0 Å². The van der Waals surface area contributed by atoms with Crippen molar-refractivity contribution in [1.29, 1.82) is 0 Å². The summed E-state index contributed by atoms with van der Waals surface area (Å²) >= 11 is 0. The minimum absolute atomic E-state index is 0.106. The largest absolute Gasteiger partial charge is 0.356 e. The van der Waals surface area contributed by atoms with Gasteiger partial charge in [0.05, 0.1) is 0 Å². The van der Waals surface area contributed by atoms with Gasteiger partial charge >= 0.3 is 0 Å². The predicted molar refractivity (Wildman–Crippen MR) is 114 cm³/mol. The monoisotopic (exact) mass is 351 g/mol. The zero-order valence-electron chi connectivity index (χ0n) is 15.5. The van der Waals surface area contributed by atoms with Crippen molar-refractivity contribution in [3.8, 4) is 0 Å². The summed E-state index contributed by atoms with van der Waals surface area (Å²) in [6.45, 7) is 2.08. The lowest BCUT2D eigenvalue weighted by Gasteiger charge is -2.16. The summed E-state index contributed by atoms with van der Waals surface area (Å²) < 4.78 is 0. The van der Waals surface area contributed by atoms with Crippen LogP contribution >= 0.6 is 0 Å². The number of hydrogen-bond donors (Lipinski definition) is 1. The Hall–Kier alpha value is -3.39. The van der Waals surface area contributed by atoms with E-state index in [-0.39, 0.29) is 5.91 Å². The molecule has 132 valence electrons. The van der Waals surface area contributed by atoms with Gasteiger partial charge < -0.3 is 5.32 Å². The maximum Gasteiger partial charge on any atom is 0.244 e. The third kappa shape index (κ3) is 3.11. The molecule has 0 heterocycles. The van der Waals surface area contributed by atoms with Gasteiger partial charge in [0, 0.05) is 13.1 Å². The van der Waals surface area contributed by atoms with Crippen LogP contribution in [-0.4, -0.2) is 13.0 Å². The molecule has 0 aromatic heterocycles. The predicted octanol–water partition coefficient (Wildman–Crippen LogP) is 5.48. The van der Waals surface area contributed by atoms with E-state index in [0.29, 0.717) is 0 Å². The minimum Gasteiger partial charge on any atom is -0.356 e. The summed E-state index contributed by atoms with van der Waals surface area (Å²) in [7, 11) is 1.66. The maximum atomic E-state index is 12.3. The Morgan fingerprint density at radius 2 is 1.41 bits per heavy atom. The van der Waals surface area contributed by atoms with Crippen LogP contribution in [0.4, 0.5) is 0 Å². The highest BCUT2D eigenvalue weighted by atomic mass is 16.1. The Morgan fingerprint density at radius 1 is 0.778 bits per heavy atom. The first kappa shape index (κ1) is 17.0. The molecule has 0 aliphatic heterocycles. The SMILES string of the molecule is CNC(=O)C=C(c1ccccc1C)c1cc2ccccc2c2ccccc12. The first-order valence-corrected chi connectivity index (χ1v) is 9.09. The van der Waals surface area contributed by atoms with Gasteiger partial charge in [-0.05, 0) is 56.8 Å². The molecule has 0 spiro atoms. The quantitative estimate of drug-likeness (QED) is 0.384. The number of likely N-dealkylation sites (N-methyl/N-ethyl adjacent to an activating group) is 1. The molecule has 27 heavy (non-hydrogen) atoms. The lowest BCUT2D eigenvalue weighted by Crippen LogP contribution is -2.15. The van der Waals surface area contributed by atoms with Crippen LogP contribution in [0.15, 0.2) is 84.9 Å². The molecular weight excluding hydrogens is 330 g/mol. The number of nitrogens with one attached hydrogen (secondary N) is 1. The number of rotatable bonds is 3. The summed E-state index contributed by atoms with van der Waals surface area (Å²) in [5.74, 6) is -0.106. The number of carbonyl (C=O) groups is 1. The molecule has 0 saturated carbocycles. The summed E-state index contributed by atoms with van der Waals surface area (Å²) in [6, 6.07) is 27.2. The number of amides is 1. The third-order valence-electron chi connectivity index (χ3n) is 5.02. The fourth-order valence-electron chi connectivity index (χ4n) is 3.66. The highest BCUT2D eigenvalue weighted by Gasteiger charge is 2.14. The maximum absolute atomic E-state index is 12.3. The van der Waals surface area contributed by atoms with E-state index in [1.165, 1.54) is 16.2 Å². The third-order valence-corrected chi connectivity index (χ3v) is 5.02. The molecule has 2 nitrogen and oxygen atoms in total. The van der Waals surface area contributed by atoms with Crippen molar-refractivity contribution in [1.82, 2.24) is 5.32 Å². The molecule has 2 heteroatoms. The molecule has 0 bridgehead atoms. The van der Waals surface area contributed by atoms with Gasteiger partial charge in [0.2, 0.25) is 5.91 Å². The van der Waals surface area contributed by atoms with Gasteiger partial charge in [-0.2, -0.15) is 0 Å². The summed E-state index contributed by atoms with van der Waals surface area (Å²) in [5, 5.41) is 7.46. The smallest absolute Gasteiger partial charge is 0.244 e. The van der Waals surface area contributed by atoms with Gasteiger partial charge in [-0.1, -0.05) is 72.8 Å². The van der Waals surface area contributed by atoms with Crippen molar-refractivity contribution in [3.05, 3.63) is 102 Å². The fourth-order valence-corrected chi connectivity index (χ4v) is 3.66. The van der Waals surface area contributed by atoms with Crippen molar-refractivity contribution >= 4 is 33.0 Å². The zero-order valence-corrected chi connectivity index (χ0v) is 15.5. The second-order valence-corrected chi connectivity index (χ2v) is 6.68. The van der Waals surface area contributed by atoms with Crippen LogP contribution in [-0.2, 0) is 4.79 Å². The van der Waals surface area contributed by atoms with Crippen molar-refractivity contribution < 1.29 is 4.79 Å². The Morgan fingerprint density at radius 3 is 2.15 bits per heavy atom. The molecule has 1 amide bonds. The summed E-state index contributed by atoms with van der Waals surface area (Å²) in [6.07, 6.45) is 1.71. The topological polar surface area (TPSA) is 29.1 Å². The second kappa shape index (κ2) is 7.08. The minimum atomic E-state index is -0.106. The molecule has 0 aliphatic carbocycles. The molecule has 0 saturated heterocycles. The van der Waals surface area contributed by atoms with Crippen molar-refractivity contribution in [2.75, 3.05) is 7.05 Å². The van der Waals surface area contributed by atoms with Crippen LogP contribution in [0.5, 0.6) is 0 Å². The molecule has 4 aromatic rings. The van der Waals surface area contributed by atoms with E-state index in [9.17, 15) is 4.79 Å². The summed E-state index contributed by atoms with van der Waals surface area (Å²) in [4.78, 5) is 12.3. The van der Waals surface area contributed by atoms with Crippen LogP contribution in [0.3, 0.4) is 0 Å². The highest BCUT2D eigenvalue weighted by Crippen LogP contribution is 2.36. The Labute approximate surface area is 159 Å². The lowest BCUT2D eigenvalue weighted by molar-refractivity contribution is -0.116. The van der Waals surface area contributed by atoms with E-state index < -0.39 is 0 Å². The lowest BCUT2D eigenvalue weighted by atomic mass is 9.88. The van der Waals surface area contributed by atoms with E-state index in [2.05, 4.69) is 79.0 Å². The van der Waals surface area contributed by atoms with E-state index in [1.54, 1.807) is 13.1 Å². The second-order valence-electron chi connectivity index (χ2n) is 6.68. The van der Waals surface area contributed by atoms with Gasteiger partial charge in [0.25, 0.3) is 0 Å². The molecule has 0 radical (unpaired) electrons. The zero-order chi connectivity index (χ0) is 18.8. The average Bonchev–Trinajstić information content (AvgIpc) is 2.72. The van der Waals surface area contributed by atoms with Crippen LogP contribution in [0.2, 0.25) is 0 Å². The van der Waals surface area contributed by atoms with E-state index in [4.69, 9.17) is 0 Å².